The minimum atomic E-state index is -5.29. The summed E-state index contributed by atoms with van der Waals surface area (Å²) < 4.78 is 64.3. The molecule has 1 aliphatic rings. The first-order chi connectivity index (χ1) is 57.6. The van der Waals surface area contributed by atoms with Gasteiger partial charge in [-0.1, -0.05) is 135 Å². The molecule has 0 saturated carbocycles. The van der Waals surface area contributed by atoms with Crippen molar-refractivity contribution in [2.24, 2.45) is 29.4 Å². The molecule has 2 aromatic carbocycles. The van der Waals surface area contributed by atoms with Crippen molar-refractivity contribution in [2.75, 3.05) is 58.8 Å². The number of esters is 2. The number of benzene rings is 2. The number of ether oxygens (including phenoxy) is 4. The molecule has 0 bridgehead atoms. The van der Waals surface area contributed by atoms with Gasteiger partial charge >= 0.3 is 45.8 Å². The maximum absolute atomic E-state index is 14.4. The molecule has 0 fully saturated rings. The number of unbranched alkanes of at least 4 members (excludes halogenated alkanes) is 4. The van der Waals surface area contributed by atoms with Crippen LogP contribution in [0.25, 0.3) is 0 Å². The van der Waals surface area contributed by atoms with Crippen molar-refractivity contribution in [2.45, 2.75) is 248 Å². The molecule has 0 saturated heterocycles. The molecule has 41 heteroatoms. The molecule has 3 aromatic rings. The number of cyclic esters (lactones) is 2. The van der Waals surface area contributed by atoms with Crippen molar-refractivity contribution in [3.05, 3.63) is 101 Å². The predicted octanol–water partition coefficient (Wildman–Crippen LogP) is 7.21. The highest BCUT2D eigenvalue weighted by Crippen LogP contribution is 2.60. The van der Waals surface area contributed by atoms with Crippen LogP contribution < -0.4 is 53.6 Å². The Bertz CT molecular complexity index is 4030. The lowest BCUT2D eigenvalue weighted by Gasteiger charge is -2.33. The molecule has 0 spiro atoms. The quantitative estimate of drug-likeness (QED) is 0.00882. The molecule has 0 radical (unpaired) electrons. The van der Waals surface area contributed by atoms with Gasteiger partial charge in [-0.2, -0.15) is 4.31 Å². The lowest BCUT2D eigenvalue weighted by molar-refractivity contribution is -0.155. The number of anilines is 1. The van der Waals surface area contributed by atoms with Gasteiger partial charge in [0, 0.05) is 82.9 Å². The molecule has 4 unspecified atom stereocenters. The number of primary amides is 1. The number of aryl methyl sites for hydroxylation is 1. The number of rotatable bonds is 39. The summed E-state index contributed by atoms with van der Waals surface area (Å²) in [4.78, 5) is 199. The Morgan fingerprint density at radius 3 is 2.00 bits per heavy atom. The van der Waals surface area contributed by atoms with Gasteiger partial charge in [-0.3, -0.25) is 52.1 Å². The predicted molar refractivity (Wildman–Crippen MR) is 450 cm³/mol. The maximum atomic E-state index is 14.4. The first kappa shape index (κ1) is 106. The van der Waals surface area contributed by atoms with Gasteiger partial charge in [-0.15, -0.1) is 5.10 Å². The van der Waals surface area contributed by atoms with Crippen LogP contribution in [0.1, 0.15) is 185 Å². The second-order valence-corrected chi connectivity index (χ2v) is 33.2. The third-order valence-corrected chi connectivity index (χ3v) is 22.1. The van der Waals surface area contributed by atoms with Crippen LogP contribution in [0.5, 0.6) is 0 Å². The van der Waals surface area contributed by atoms with E-state index in [0.29, 0.717) is 41.8 Å². The number of hydrogen-bond donors (Lipinski definition) is 12. The second kappa shape index (κ2) is 55.1. The van der Waals surface area contributed by atoms with E-state index < -0.39 is 180 Å². The Balaban J connectivity index is 0.0000191. The SMILES string of the molecule is C/C=C(\C)C1OC(=O)[C@@H](C)NC(=O)[C@H](C(C)CC)NC(=O)CN(C)C(=O)[C@@H](Cc2ccccc2)N(C)C(=O)[C@H](C)NC(=O)[C@@H](CC(C)C)OC(=O)/C(C)=C/C[C@H](OC(=O)NCCCCCOP(=O)(O)OP(=O)(O)OCCNC(=O)OCc2ccc(NC(=O)[C@@H](CCCNC(N)=O)NC(=O)[C@H](NC(=O)CCCCCn3ccnn3)C(C)C)cc2)[C@@H]1C.CC. The summed E-state index contributed by atoms with van der Waals surface area (Å²) in [5.74, 6) is -8.94. The second-order valence-electron chi connectivity index (χ2n) is 30.2. The molecule has 1 aliphatic heterocycles. The summed E-state index contributed by atoms with van der Waals surface area (Å²) in [6.07, 6.45) is 4.01. The fourth-order valence-electron chi connectivity index (χ4n) is 12.2. The molecule has 4 rings (SSSR count). The molecular weight excluding hydrogens is 1630 g/mol. The van der Waals surface area contributed by atoms with Gasteiger partial charge in [-0.25, -0.2) is 33.1 Å². The molecule has 39 nitrogen and oxygen atoms in total. The van der Waals surface area contributed by atoms with Gasteiger partial charge in [0.1, 0.15) is 55.1 Å². The average Bonchev–Trinajstić information content (AvgIpc) is 0.920. The monoisotopic (exact) mass is 1760 g/mol. The summed E-state index contributed by atoms with van der Waals surface area (Å²) in [6.45, 7) is 22.0. The number of nitrogens with two attached hydrogens (primary N) is 1. The van der Waals surface area contributed by atoms with E-state index in [1.54, 1.807) is 116 Å². The normalized spacial score (nSPS) is 21.1. The van der Waals surface area contributed by atoms with Crippen LogP contribution in [0.15, 0.2) is 90.3 Å². The largest absolute Gasteiger partial charge is 0.481 e. The number of carbonyl (C=O) groups excluding carboxylic acids is 13. The first-order valence-corrected chi connectivity index (χ1v) is 44.2. The standard InChI is InChI=1S/C79H123N15O24P2.C2H6/c1-15-51(7)67-72(100)86-56(12)76(104)117-68(52(8)16-2)54(10)62(36-31-53(9)75(103)115-63(45-49(3)4)70(98)85-55(11)73(101)93(14)61(46-57-27-20-17-21-28-57)74(102)92(13)47-65(96)90-67)116-79(107)82-37-23-19-25-43-113-119(108,109)118-120(110,111)114-44-40-83-78(106)112-48-58-32-34-59(35-33-58)87-69(97)60(29-26-38-81-77(80)105)88-71(99)66(50(5)6)89-64(95)30-22-18-24-41-94-42-39-84-91-94;1-2/h16-17,20-21,27-28,31-35,39,42,49-51,54-56,60-63,66-68H,15,18-19,22-26,29-30,36-38,40-41,43-48H2,1-14H3,(H,82,107)(H,83,106)(H,85,98)(H,86,100)(H,87,97)(H,88,99)(H,89,95)(H,90,96)(H,108,109)(H,110,111)(H3,80,81,105);1-2H3/b52-16+,53-31+;/t51?,54-,55-,56+,60+,61+,62-,63+,66+,67-,68?;/m0./s1. The van der Waals surface area contributed by atoms with Crippen molar-refractivity contribution in [1.29, 1.82) is 0 Å². The summed E-state index contributed by atoms with van der Waals surface area (Å²) in [5.41, 5.74) is 7.11. The molecule has 12 amide bonds. The van der Waals surface area contributed by atoms with Crippen LogP contribution in [0, 0.1) is 23.7 Å². The van der Waals surface area contributed by atoms with Crippen LogP contribution in [-0.4, -0.2) is 220 Å². The molecule has 13 atom stereocenters. The third kappa shape index (κ3) is 39.8. The van der Waals surface area contributed by atoms with Crippen LogP contribution in [-0.2, 0) is 109 Å². The number of nitrogens with zero attached hydrogens (tertiary/aromatic N) is 5. The molecule has 682 valence electrons. The van der Waals surface area contributed by atoms with Crippen molar-refractivity contribution >= 4 is 98.7 Å². The lowest BCUT2D eigenvalue weighted by Crippen LogP contribution is -2.57. The van der Waals surface area contributed by atoms with Crippen molar-refractivity contribution in [3.8, 4) is 0 Å². The number of phosphoric acid groups is 2. The van der Waals surface area contributed by atoms with E-state index in [9.17, 15) is 81.2 Å². The van der Waals surface area contributed by atoms with Crippen LogP contribution in [0.3, 0.4) is 0 Å². The number of phosphoric ester groups is 2. The van der Waals surface area contributed by atoms with Crippen LogP contribution in [0.2, 0.25) is 0 Å². The number of allylic oxidation sites excluding steroid dienone is 1. The molecule has 122 heavy (non-hydrogen) atoms. The third-order valence-electron chi connectivity index (χ3n) is 19.5. The van der Waals surface area contributed by atoms with Gasteiger partial charge < -0.3 is 92.1 Å². The fraction of sp³-hybridized carbons (Fsp3) is 0.617. The van der Waals surface area contributed by atoms with Crippen molar-refractivity contribution < 1.29 is 114 Å². The molecule has 0 aliphatic carbocycles. The molecule has 2 heterocycles. The van der Waals surface area contributed by atoms with Gasteiger partial charge in [0.05, 0.1) is 26.0 Å². The number of aromatic nitrogens is 3. The van der Waals surface area contributed by atoms with E-state index >= 15 is 0 Å². The minimum absolute atomic E-state index is 0.00781. The van der Waals surface area contributed by atoms with E-state index in [4.69, 9.17) is 33.7 Å². The number of likely N-dealkylation sites (N-methyl/N-ethyl adjacent to an activating group) is 2. The highest BCUT2D eigenvalue weighted by atomic mass is 31.3. The van der Waals surface area contributed by atoms with Gasteiger partial charge in [0.15, 0.2) is 6.10 Å². The number of alkyl carbamates (subject to hydrolysis) is 2. The molecular formula is C81H129N15O24P2. The Labute approximate surface area is 714 Å². The number of nitrogens with one attached hydrogen (secondary N) is 9. The van der Waals surface area contributed by atoms with Gasteiger partial charge in [-0.05, 0) is 133 Å². The van der Waals surface area contributed by atoms with Crippen molar-refractivity contribution in [1.82, 2.24) is 67.3 Å². The van der Waals surface area contributed by atoms with E-state index in [-0.39, 0.29) is 101 Å². The van der Waals surface area contributed by atoms with Gasteiger partial charge in [0.25, 0.3) is 5.91 Å². The molecule has 13 N–H and O–H groups in total. The highest BCUT2D eigenvalue weighted by molar-refractivity contribution is 7.61. The zero-order chi connectivity index (χ0) is 91.4. The van der Waals surface area contributed by atoms with Crippen LogP contribution >= 0.6 is 15.6 Å². The number of amides is 12. The fourth-order valence-corrected chi connectivity index (χ4v) is 14.3. The number of carbonyl (C=O) groups is 13. The van der Waals surface area contributed by atoms with E-state index in [0.717, 1.165) is 17.7 Å². The topological polar surface area (TPSA) is 533 Å². The van der Waals surface area contributed by atoms with E-state index in [2.05, 4.69) is 62.5 Å². The summed E-state index contributed by atoms with van der Waals surface area (Å²) >= 11 is 0. The summed E-state index contributed by atoms with van der Waals surface area (Å²) in [7, 11) is -7.78. The highest BCUT2D eigenvalue weighted by Gasteiger charge is 2.40. The van der Waals surface area contributed by atoms with Crippen molar-refractivity contribution in [3.63, 3.8) is 0 Å². The first-order valence-electron chi connectivity index (χ1n) is 41.2. The number of urea groups is 1. The Kier molecular flexibility index (Phi) is 47.8. The minimum Gasteiger partial charge on any atom is -0.456 e. The smallest absolute Gasteiger partial charge is 0.456 e. The number of hydrogen-bond acceptors (Lipinski definition) is 24. The zero-order valence-corrected chi connectivity index (χ0v) is 74.7. The summed E-state index contributed by atoms with van der Waals surface area (Å²) in [6, 6.07) is 7.05. The maximum Gasteiger partial charge on any atom is 0.481 e. The zero-order valence-electron chi connectivity index (χ0n) is 72.9. The Morgan fingerprint density at radius 2 is 1.38 bits per heavy atom. The Hall–Kier alpha value is -10.2. The van der Waals surface area contributed by atoms with Gasteiger partial charge in [0.2, 0.25) is 41.4 Å². The summed E-state index contributed by atoms with van der Waals surface area (Å²) in [5, 5.41) is 31.3. The molecule has 1 aromatic heterocycles. The van der Waals surface area contributed by atoms with Crippen LogP contribution in [0.4, 0.5) is 20.1 Å². The van der Waals surface area contributed by atoms with E-state index in [1.165, 1.54) is 70.1 Å². The Morgan fingerprint density at radius 1 is 0.738 bits per heavy atom. The average molecular weight is 1760 g/mol. The van der Waals surface area contributed by atoms with E-state index in [1.807, 2.05) is 13.8 Å². The lowest BCUT2D eigenvalue weighted by atomic mass is 9.90.